The maximum atomic E-state index is 12.0. The zero-order valence-electron chi connectivity index (χ0n) is 10.8. The third kappa shape index (κ3) is 4.84. The Balaban J connectivity index is 1.79. The van der Waals surface area contributed by atoms with Gasteiger partial charge >= 0.3 is 6.18 Å². The lowest BCUT2D eigenvalue weighted by Gasteiger charge is -2.20. The summed E-state index contributed by atoms with van der Waals surface area (Å²) in [4.78, 5) is 2.22. The van der Waals surface area contributed by atoms with Crippen LogP contribution in [0, 0.1) is 0 Å². The Bertz CT molecular complexity index is 404. The highest BCUT2D eigenvalue weighted by atomic mass is 19.4. The van der Waals surface area contributed by atoms with Crippen LogP contribution < -0.4 is 5.32 Å². The summed E-state index contributed by atoms with van der Waals surface area (Å²) in [6, 6.07) is 8.31. The van der Waals surface area contributed by atoms with Crippen LogP contribution in [-0.2, 0) is 13.0 Å². The van der Waals surface area contributed by atoms with Gasteiger partial charge in [0.15, 0.2) is 0 Å². The third-order valence-electron chi connectivity index (χ3n) is 3.36. The Morgan fingerprint density at radius 3 is 2.63 bits per heavy atom. The van der Waals surface area contributed by atoms with Crippen molar-refractivity contribution in [1.29, 1.82) is 0 Å². The monoisotopic (exact) mass is 272 g/mol. The van der Waals surface area contributed by atoms with Gasteiger partial charge in [-0.2, -0.15) is 13.2 Å². The van der Waals surface area contributed by atoms with E-state index < -0.39 is 12.7 Å². The maximum absolute atomic E-state index is 12.0. The summed E-state index contributed by atoms with van der Waals surface area (Å²) in [6.45, 7) is 1.91. The highest BCUT2D eigenvalue weighted by molar-refractivity contribution is 5.27. The zero-order valence-corrected chi connectivity index (χ0v) is 10.8. The Morgan fingerprint density at radius 2 is 1.89 bits per heavy atom. The van der Waals surface area contributed by atoms with Gasteiger partial charge in [-0.05, 0) is 30.5 Å². The minimum absolute atomic E-state index is 0.377. The number of alkyl halides is 3. The second-order valence-electron chi connectivity index (χ2n) is 4.94. The molecule has 0 atom stereocenters. The molecule has 0 radical (unpaired) electrons. The molecule has 106 valence electrons. The molecule has 2 rings (SSSR count). The van der Waals surface area contributed by atoms with Crippen LogP contribution in [-0.4, -0.2) is 37.3 Å². The molecule has 5 heteroatoms. The summed E-state index contributed by atoms with van der Waals surface area (Å²) in [7, 11) is 0. The minimum Gasteiger partial charge on any atom is -0.307 e. The number of hydrogen-bond acceptors (Lipinski definition) is 2. The van der Waals surface area contributed by atoms with Gasteiger partial charge in [0, 0.05) is 19.6 Å². The molecule has 1 N–H and O–H groups in total. The lowest BCUT2D eigenvalue weighted by atomic mass is 10.0. The van der Waals surface area contributed by atoms with Crippen molar-refractivity contribution < 1.29 is 13.2 Å². The van der Waals surface area contributed by atoms with Gasteiger partial charge in [-0.1, -0.05) is 24.3 Å². The molecular formula is C14H19F3N2. The van der Waals surface area contributed by atoms with Crippen LogP contribution in [0.25, 0.3) is 0 Å². The predicted molar refractivity (Wildman–Crippen MR) is 69.0 cm³/mol. The summed E-state index contributed by atoms with van der Waals surface area (Å²) in [5, 5.41) is 2.45. The van der Waals surface area contributed by atoms with E-state index in [4.69, 9.17) is 0 Å². The van der Waals surface area contributed by atoms with Crippen molar-refractivity contribution in [2.75, 3.05) is 26.2 Å². The first-order valence-corrected chi connectivity index (χ1v) is 6.61. The number of aryl methyl sites for hydroxylation is 1. The molecule has 0 bridgehead atoms. The van der Waals surface area contributed by atoms with Crippen molar-refractivity contribution in [3.8, 4) is 0 Å². The average Bonchev–Trinajstić information content (AvgIpc) is 2.55. The van der Waals surface area contributed by atoms with E-state index in [2.05, 4.69) is 22.3 Å². The van der Waals surface area contributed by atoms with Gasteiger partial charge < -0.3 is 5.32 Å². The number of nitrogens with one attached hydrogen (secondary N) is 1. The van der Waals surface area contributed by atoms with E-state index in [0.29, 0.717) is 13.1 Å². The molecule has 1 aromatic carbocycles. The van der Waals surface area contributed by atoms with Crippen molar-refractivity contribution in [1.82, 2.24) is 10.2 Å². The van der Waals surface area contributed by atoms with E-state index in [1.807, 2.05) is 12.1 Å². The minimum atomic E-state index is -4.12. The van der Waals surface area contributed by atoms with Crippen LogP contribution in [0.15, 0.2) is 24.3 Å². The fourth-order valence-electron chi connectivity index (χ4n) is 2.43. The Kier molecular flexibility index (Phi) is 4.82. The van der Waals surface area contributed by atoms with Crippen molar-refractivity contribution in [2.24, 2.45) is 0 Å². The molecule has 0 saturated heterocycles. The van der Waals surface area contributed by atoms with E-state index in [9.17, 15) is 13.2 Å². The molecule has 1 aliphatic heterocycles. The van der Waals surface area contributed by atoms with Crippen LogP contribution in [0.1, 0.15) is 17.5 Å². The summed E-state index contributed by atoms with van der Waals surface area (Å²) >= 11 is 0. The highest BCUT2D eigenvalue weighted by Crippen LogP contribution is 2.18. The fourth-order valence-corrected chi connectivity index (χ4v) is 2.43. The van der Waals surface area contributed by atoms with E-state index >= 15 is 0 Å². The van der Waals surface area contributed by atoms with Crippen LogP contribution >= 0.6 is 0 Å². The van der Waals surface area contributed by atoms with Gasteiger partial charge in [-0.15, -0.1) is 0 Å². The fraction of sp³-hybridized carbons (Fsp3) is 0.571. The smallest absolute Gasteiger partial charge is 0.307 e. The van der Waals surface area contributed by atoms with Crippen LogP contribution in [0.2, 0.25) is 0 Å². The summed E-state index contributed by atoms with van der Waals surface area (Å²) < 4.78 is 36.0. The second kappa shape index (κ2) is 6.39. The zero-order chi connectivity index (χ0) is 13.7. The number of rotatable bonds is 4. The number of benzene rings is 1. The first kappa shape index (κ1) is 14.3. The highest BCUT2D eigenvalue weighted by Gasteiger charge is 2.26. The Labute approximate surface area is 111 Å². The summed E-state index contributed by atoms with van der Waals surface area (Å²) in [5.41, 5.74) is 2.67. The van der Waals surface area contributed by atoms with Crippen molar-refractivity contribution in [3.63, 3.8) is 0 Å². The molecule has 19 heavy (non-hydrogen) atoms. The number of nitrogens with zero attached hydrogens (tertiary/aromatic N) is 1. The normalized spacial score (nSPS) is 17.0. The lowest BCUT2D eigenvalue weighted by molar-refractivity contribution is -0.124. The molecule has 1 heterocycles. The molecule has 0 aromatic heterocycles. The second-order valence-corrected chi connectivity index (χ2v) is 4.94. The maximum Gasteiger partial charge on any atom is 0.401 e. The molecule has 0 fully saturated rings. The third-order valence-corrected chi connectivity index (χ3v) is 3.36. The standard InChI is InChI=1S/C14H19F3N2/c15-14(16,17)11-18-7-9-19-8-3-6-12-4-1-2-5-13(12)10-19/h1-2,4-5,18H,3,6-11H2. The predicted octanol–water partition coefficient (Wildman–Crippen LogP) is 2.59. The lowest BCUT2D eigenvalue weighted by Crippen LogP contribution is -2.36. The molecule has 0 aliphatic carbocycles. The SMILES string of the molecule is FC(F)(F)CNCCN1CCCc2ccccc2C1. The van der Waals surface area contributed by atoms with E-state index in [1.54, 1.807) is 0 Å². The van der Waals surface area contributed by atoms with Crippen LogP contribution in [0.5, 0.6) is 0 Å². The molecule has 2 nitrogen and oxygen atoms in total. The van der Waals surface area contributed by atoms with Gasteiger partial charge in [0.25, 0.3) is 0 Å². The first-order valence-electron chi connectivity index (χ1n) is 6.61. The molecular weight excluding hydrogens is 253 g/mol. The molecule has 0 saturated carbocycles. The number of halogens is 3. The molecule has 1 aromatic rings. The summed E-state index contributed by atoms with van der Waals surface area (Å²) in [5.74, 6) is 0. The Morgan fingerprint density at radius 1 is 1.16 bits per heavy atom. The molecule has 0 amide bonds. The summed E-state index contributed by atoms with van der Waals surface area (Å²) in [6.07, 6.45) is -2.00. The first-order chi connectivity index (χ1) is 9.04. The number of hydrogen-bond donors (Lipinski definition) is 1. The van der Waals surface area contributed by atoms with E-state index in [1.165, 1.54) is 11.1 Å². The number of fused-ring (bicyclic) bond motifs is 1. The van der Waals surface area contributed by atoms with Crippen molar-refractivity contribution >= 4 is 0 Å². The van der Waals surface area contributed by atoms with Gasteiger partial charge in [0.1, 0.15) is 0 Å². The quantitative estimate of drug-likeness (QED) is 0.848. The topological polar surface area (TPSA) is 15.3 Å². The largest absolute Gasteiger partial charge is 0.401 e. The van der Waals surface area contributed by atoms with Gasteiger partial charge in [-0.3, -0.25) is 4.90 Å². The molecule has 1 aliphatic rings. The van der Waals surface area contributed by atoms with Crippen molar-refractivity contribution in [3.05, 3.63) is 35.4 Å². The Hall–Kier alpha value is -1.07. The van der Waals surface area contributed by atoms with Crippen molar-refractivity contribution in [2.45, 2.75) is 25.6 Å². The van der Waals surface area contributed by atoms with Crippen LogP contribution in [0.3, 0.4) is 0 Å². The molecule has 0 unspecified atom stereocenters. The van der Waals surface area contributed by atoms with E-state index in [0.717, 1.165) is 25.9 Å². The molecule has 0 spiro atoms. The van der Waals surface area contributed by atoms with Gasteiger partial charge in [0.05, 0.1) is 6.54 Å². The van der Waals surface area contributed by atoms with Gasteiger partial charge in [-0.25, -0.2) is 0 Å². The van der Waals surface area contributed by atoms with Gasteiger partial charge in [0.2, 0.25) is 0 Å². The average molecular weight is 272 g/mol. The van der Waals surface area contributed by atoms with Crippen LogP contribution in [0.4, 0.5) is 13.2 Å². The van der Waals surface area contributed by atoms with E-state index in [-0.39, 0.29) is 0 Å².